The van der Waals surface area contributed by atoms with Crippen molar-refractivity contribution in [2.24, 2.45) is 0 Å². The highest BCUT2D eigenvalue weighted by Gasteiger charge is 2.26. The van der Waals surface area contributed by atoms with Crippen LogP contribution in [0.3, 0.4) is 0 Å². The smallest absolute Gasteiger partial charge is 0.203 e. The van der Waals surface area contributed by atoms with E-state index in [1.807, 2.05) is 0 Å². The fourth-order valence-corrected chi connectivity index (χ4v) is 3.31. The average molecular weight is 416 g/mol. The molecular weight excluding hydrogens is 394 g/mol. The first-order valence-electron chi connectivity index (χ1n) is 9.05. The molecule has 0 heterocycles. The van der Waals surface area contributed by atoms with Crippen LogP contribution in [0.4, 0.5) is 8.78 Å². The van der Waals surface area contributed by atoms with Gasteiger partial charge >= 0.3 is 0 Å². The van der Waals surface area contributed by atoms with Gasteiger partial charge in [-0.1, -0.05) is 18.2 Å². The number of hydrogen-bond donors (Lipinski definition) is 1. The van der Waals surface area contributed by atoms with Crippen molar-refractivity contribution in [2.75, 3.05) is 28.4 Å². The molecule has 0 aliphatic carbocycles. The van der Waals surface area contributed by atoms with Gasteiger partial charge in [0.25, 0.3) is 0 Å². The number of benzene rings is 3. The molecule has 3 aromatic rings. The summed E-state index contributed by atoms with van der Waals surface area (Å²) in [5.41, 5.74) is 1.61. The van der Waals surface area contributed by atoms with Crippen LogP contribution in [0, 0.1) is 11.6 Å². The molecule has 0 spiro atoms. The second-order valence-corrected chi connectivity index (χ2v) is 6.41. The molecule has 0 saturated carbocycles. The van der Waals surface area contributed by atoms with Crippen LogP contribution in [0.25, 0.3) is 11.1 Å². The summed E-state index contributed by atoms with van der Waals surface area (Å²) >= 11 is 0. The molecule has 1 unspecified atom stereocenters. The number of halogens is 2. The summed E-state index contributed by atoms with van der Waals surface area (Å²) < 4.78 is 49.1. The van der Waals surface area contributed by atoms with Crippen LogP contribution >= 0.6 is 0 Å². The molecule has 0 amide bonds. The third-order valence-corrected chi connectivity index (χ3v) is 4.79. The molecule has 3 rings (SSSR count). The molecule has 7 heteroatoms. The SMILES string of the molecule is COc1ccc(C(O)c2cc(OC)c(OC)c(OC)c2-c2ccc(F)c(F)c2)cc1. The summed E-state index contributed by atoms with van der Waals surface area (Å²) in [5, 5.41) is 11.2. The van der Waals surface area contributed by atoms with Gasteiger partial charge in [-0.05, 0) is 41.5 Å². The van der Waals surface area contributed by atoms with Crippen molar-refractivity contribution in [3.63, 3.8) is 0 Å². The Kier molecular flexibility index (Phi) is 6.42. The van der Waals surface area contributed by atoms with E-state index in [-0.39, 0.29) is 11.5 Å². The van der Waals surface area contributed by atoms with Gasteiger partial charge in [-0.15, -0.1) is 0 Å². The van der Waals surface area contributed by atoms with E-state index in [9.17, 15) is 13.9 Å². The van der Waals surface area contributed by atoms with Crippen molar-refractivity contribution in [3.05, 3.63) is 71.3 Å². The first-order valence-corrected chi connectivity index (χ1v) is 9.05. The third-order valence-electron chi connectivity index (χ3n) is 4.79. The minimum Gasteiger partial charge on any atom is -0.497 e. The zero-order chi connectivity index (χ0) is 21.8. The van der Waals surface area contributed by atoms with Crippen LogP contribution in [0.5, 0.6) is 23.0 Å². The van der Waals surface area contributed by atoms with Crippen molar-refractivity contribution in [1.29, 1.82) is 0 Å². The Bertz CT molecular complexity index is 1030. The monoisotopic (exact) mass is 416 g/mol. The van der Waals surface area contributed by atoms with Gasteiger partial charge in [0.1, 0.15) is 11.9 Å². The van der Waals surface area contributed by atoms with Gasteiger partial charge in [-0.25, -0.2) is 8.78 Å². The highest BCUT2D eigenvalue weighted by atomic mass is 19.2. The molecule has 0 aliphatic rings. The molecular formula is C23H22F2O5. The molecule has 3 aromatic carbocycles. The number of ether oxygens (including phenoxy) is 4. The quantitative estimate of drug-likeness (QED) is 0.603. The summed E-state index contributed by atoms with van der Waals surface area (Å²) in [6.45, 7) is 0. The van der Waals surface area contributed by atoms with Gasteiger partial charge in [-0.3, -0.25) is 0 Å². The van der Waals surface area contributed by atoms with Gasteiger partial charge in [0.05, 0.1) is 28.4 Å². The molecule has 0 aromatic heterocycles. The molecule has 0 aliphatic heterocycles. The number of hydrogen-bond acceptors (Lipinski definition) is 5. The Morgan fingerprint density at radius 3 is 1.93 bits per heavy atom. The topological polar surface area (TPSA) is 57.2 Å². The molecule has 0 bridgehead atoms. The van der Waals surface area contributed by atoms with Gasteiger partial charge in [0.2, 0.25) is 5.75 Å². The first kappa shape index (κ1) is 21.4. The van der Waals surface area contributed by atoms with Gasteiger partial charge in [0, 0.05) is 11.1 Å². The van der Waals surface area contributed by atoms with Crippen LogP contribution in [0.2, 0.25) is 0 Å². The summed E-state index contributed by atoms with van der Waals surface area (Å²) in [6.07, 6.45) is -1.12. The lowest BCUT2D eigenvalue weighted by molar-refractivity contribution is 0.219. The van der Waals surface area contributed by atoms with Crippen molar-refractivity contribution < 1.29 is 32.8 Å². The maximum absolute atomic E-state index is 14.0. The van der Waals surface area contributed by atoms with E-state index in [0.29, 0.717) is 33.8 Å². The second kappa shape index (κ2) is 9.00. The van der Waals surface area contributed by atoms with Gasteiger partial charge in [0.15, 0.2) is 23.1 Å². The third kappa shape index (κ3) is 3.89. The van der Waals surface area contributed by atoms with E-state index in [4.69, 9.17) is 18.9 Å². The Labute approximate surface area is 173 Å². The van der Waals surface area contributed by atoms with E-state index in [0.717, 1.165) is 12.1 Å². The van der Waals surface area contributed by atoms with Crippen molar-refractivity contribution in [1.82, 2.24) is 0 Å². The molecule has 0 fully saturated rings. The molecule has 5 nitrogen and oxygen atoms in total. The average Bonchev–Trinajstić information content (AvgIpc) is 2.78. The Morgan fingerprint density at radius 2 is 1.40 bits per heavy atom. The molecule has 1 atom stereocenters. The summed E-state index contributed by atoms with van der Waals surface area (Å²) in [4.78, 5) is 0. The van der Waals surface area contributed by atoms with Crippen LogP contribution < -0.4 is 18.9 Å². The molecule has 0 radical (unpaired) electrons. The minimum atomic E-state index is -1.12. The highest BCUT2D eigenvalue weighted by Crippen LogP contribution is 2.49. The predicted molar refractivity (Wildman–Crippen MR) is 109 cm³/mol. The van der Waals surface area contributed by atoms with Crippen LogP contribution in [0.1, 0.15) is 17.2 Å². The number of methoxy groups -OCH3 is 4. The highest BCUT2D eigenvalue weighted by molar-refractivity contribution is 5.80. The van der Waals surface area contributed by atoms with Gasteiger partial charge in [-0.2, -0.15) is 0 Å². The maximum atomic E-state index is 14.0. The molecule has 1 N–H and O–H groups in total. The summed E-state index contributed by atoms with van der Waals surface area (Å²) in [6, 6.07) is 11.9. The second-order valence-electron chi connectivity index (χ2n) is 6.41. The molecule has 30 heavy (non-hydrogen) atoms. The zero-order valence-corrected chi connectivity index (χ0v) is 17.0. The van der Waals surface area contributed by atoms with Crippen LogP contribution in [-0.4, -0.2) is 33.5 Å². The van der Waals surface area contributed by atoms with Crippen molar-refractivity contribution in [3.8, 4) is 34.1 Å². The van der Waals surface area contributed by atoms with E-state index in [1.165, 1.54) is 27.4 Å². The number of rotatable bonds is 7. The van der Waals surface area contributed by atoms with E-state index >= 15 is 0 Å². The summed E-state index contributed by atoms with van der Waals surface area (Å²) in [5.74, 6) is -0.541. The van der Waals surface area contributed by atoms with Crippen molar-refractivity contribution >= 4 is 0 Å². The predicted octanol–water partition coefficient (Wildman–Crippen LogP) is 4.75. The maximum Gasteiger partial charge on any atom is 0.203 e. The van der Waals surface area contributed by atoms with Crippen LogP contribution in [0.15, 0.2) is 48.5 Å². The Morgan fingerprint density at radius 1 is 0.733 bits per heavy atom. The Balaban J connectivity index is 2.29. The van der Waals surface area contributed by atoms with Crippen molar-refractivity contribution in [2.45, 2.75) is 6.10 Å². The number of aliphatic hydroxyl groups excluding tert-OH is 1. The minimum absolute atomic E-state index is 0.227. The standard InChI is InChI=1S/C23H22F2O5/c1-27-15-8-5-13(6-9-15)21(26)16-12-19(28-2)22(29-3)23(30-4)20(16)14-7-10-17(24)18(25)11-14/h5-12,21,26H,1-4H3. The van der Waals surface area contributed by atoms with E-state index < -0.39 is 17.7 Å². The fourth-order valence-electron chi connectivity index (χ4n) is 3.31. The van der Waals surface area contributed by atoms with Crippen LogP contribution in [-0.2, 0) is 0 Å². The fraction of sp³-hybridized carbons (Fsp3) is 0.217. The lowest BCUT2D eigenvalue weighted by atomic mass is 9.91. The largest absolute Gasteiger partial charge is 0.497 e. The number of aliphatic hydroxyl groups is 1. The Hall–Kier alpha value is -3.32. The molecule has 158 valence electrons. The summed E-state index contributed by atoms with van der Waals surface area (Å²) in [7, 11) is 5.86. The molecule has 0 saturated heterocycles. The normalized spacial score (nSPS) is 11.7. The first-order chi connectivity index (χ1) is 14.4. The lowest BCUT2D eigenvalue weighted by Gasteiger charge is -2.23. The van der Waals surface area contributed by atoms with Gasteiger partial charge < -0.3 is 24.1 Å². The van der Waals surface area contributed by atoms with E-state index in [1.54, 1.807) is 37.4 Å². The lowest BCUT2D eigenvalue weighted by Crippen LogP contribution is -2.06. The van der Waals surface area contributed by atoms with E-state index in [2.05, 4.69) is 0 Å². The zero-order valence-electron chi connectivity index (χ0n) is 17.0.